The van der Waals surface area contributed by atoms with E-state index in [1.165, 1.54) is 12.1 Å². The van der Waals surface area contributed by atoms with Gasteiger partial charge in [0.05, 0.1) is 5.56 Å². The van der Waals surface area contributed by atoms with Crippen LogP contribution in [0.1, 0.15) is 28.4 Å². The van der Waals surface area contributed by atoms with E-state index in [4.69, 9.17) is 0 Å². The van der Waals surface area contributed by atoms with Gasteiger partial charge < -0.3 is 10.6 Å². The molecule has 0 bridgehead atoms. The van der Waals surface area contributed by atoms with Crippen LogP contribution >= 0.6 is 0 Å². The maximum atomic E-state index is 13.1. The third-order valence-corrected chi connectivity index (χ3v) is 3.22. The number of nitrogens with one attached hydrogen (secondary N) is 2. The Labute approximate surface area is 124 Å². The second kappa shape index (κ2) is 6.39. The summed E-state index contributed by atoms with van der Waals surface area (Å²) < 4.78 is 13.1. The van der Waals surface area contributed by atoms with Crippen molar-refractivity contribution in [2.24, 2.45) is 0 Å². The molecule has 0 radical (unpaired) electrons. The molecule has 3 nitrogen and oxygen atoms in total. The average molecular weight is 286 g/mol. The van der Waals surface area contributed by atoms with Gasteiger partial charge >= 0.3 is 0 Å². The lowest BCUT2D eigenvalue weighted by atomic mass is 10.1. The second-order valence-corrected chi connectivity index (χ2v) is 4.99. The summed E-state index contributed by atoms with van der Waals surface area (Å²) >= 11 is 0. The van der Waals surface area contributed by atoms with Crippen LogP contribution in [-0.4, -0.2) is 12.5 Å². The van der Waals surface area contributed by atoms with Gasteiger partial charge in [0.15, 0.2) is 0 Å². The number of carbonyl (C=O) groups excluding carboxylic acids is 1. The molecule has 0 atom stereocenters. The lowest BCUT2D eigenvalue weighted by Gasteiger charge is -2.13. The van der Waals surface area contributed by atoms with E-state index >= 15 is 0 Å². The van der Waals surface area contributed by atoms with Crippen LogP contribution in [0.2, 0.25) is 0 Å². The minimum Gasteiger partial charge on any atom is -0.385 e. The van der Waals surface area contributed by atoms with Crippen molar-refractivity contribution in [1.82, 2.24) is 0 Å². The van der Waals surface area contributed by atoms with Crippen molar-refractivity contribution in [3.05, 3.63) is 58.9 Å². The number of benzene rings is 2. The Kier molecular flexibility index (Phi) is 4.58. The van der Waals surface area contributed by atoms with Crippen molar-refractivity contribution < 1.29 is 9.18 Å². The Balaban J connectivity index is 2.29. The lowest BCUT2D eigenvalue weighted by molar-refractivity contribution is 0.102. The van der Waals surface area contributed by atoms with Gasteiger partial charge in [0.1, 0.15) is 5.82 Å². The lowest BCUT2D eigenvalue weighted by Crippen LogP contribution is -2.15. The number of amides is 1. The zero-order chi connectivity index (χ0) is 15.4. The minimum absolute atomic E-state index is 0.204. The number of hydrogen-bond donors (Lipinski definition) is 2. The number of hydrogen-bond acceptors (Lipinski definition) is 2. The van der Waals surface area contributed by atoms with E-state index in [-0.39, 0.29) is 11.7 Å². The summed E-state index contributed by atoms with van der Waals surface area (Å²) in [5.74, 6) is -0.515. The van der Waals surface area contributed by atoms with E-state index in [0.29, 0.717) is 16.8 Å². The molecule has 110 valence electrons. The molecule has 0 saturated heterocycles. The first-order valence-electron chi connectivity index (χ1n) is 6.93. The summed E-state index contributed by atoms with van der Waals surface area (Å²) in [6.07, 6.45) is 0. The zero-order valence-corrected chi connectivity index (χ0v) is 12.5. The van der Waals surface area contributed by atoms with Gasteiger partial charge in [0.25, 0.3) is 5.91 Å². The van der Waals surface area contributed by atoms with Crippen LogP contribution in [0.25, 0.3) is 0 Å². The molecule has 21 heavy (non-hydrogen) atoms. The smallest absolute Gasteiger partial charge is 0.257 e. The van der Waals surface area contributed by atoms with Crippen LogP contribution in [0.5, 0.6) is 0 Å². The number of aryl methyl sites for hydroxylation is 2. The predicted molar refractivity (Wildman–Crippen MR) is 84.4 cm³/mol. The van der Waals surface area contributed by atoms with E-state index in [1.807, 2.05) is 32.0 Å². The molecule has 0 aliphatic heterocycles. The summed E-state index contributed by atoms with van der Waals surface area (Å²) in [6, 6.07) is 10.0. The Morgan fingerprint density at radius 2 is 1.81 bits per heavy atom. The highest BCUT2D eigenvalue weighted by atomic mass is 19.1. The topological polar surface area (TPSA) is 41.1 Å². The van der Waals surface area contributed by atoms with Crippen molar-refractivity contribution in [1.29, 1.82) is 0 Å². The van der Waals surface area contributed by atoms with Gasteiger partial charge in [-0.2, -0.15) is 0 Å². The first kappa shape index (κ1) is 15.0. The third kappa shape index (κ3) is 3.60. The Morgan fingerprint density at radius 3 is 2.48 bits per heavy atom. The second-order valence-electron chi connectivity index (χ2n) is 4.99. The maximum Gasteiger partial charge on any atom is 0.257 e. The van der Waals surface area contributed by atoms with Crippen LogP contribution in [0.15, 0.2) is 36.4 Å². The first-order chi connectivity index (χ1) is 10.0. The fraction of sp³-hybridized carbons (Fsp3) is 0.235. The fourth-order valence-electron chi connectivity index (χ4n) is 2.15. The molecule has 4 heteroatoms. The van der Waals surface area contributed by atoms with Crippen LogP contribution in [-0.2, 0) is 0 Å². The largest absolute Gasteiger partial charge is 0.385 e. The Hall–Kier alpha value is -2.36. The summed E-state index contributed by atoms with van der Waals surface area (Å²) in [4.78, 5) is 12.5. The number of halogens is 1. The van der Waals surface area contributed by atoms with Crippen molar-refractivity contribution in [2.75, 3.05) is 17.2 Å². The molecule has 2 aromatic rings. The molecule has 2 N–H and O–H groups in total. The van der Waals surface area contributed by atoms with E-state index < -0.39 is 0 Å². The van der Waals surface area contributed by atoms with Gasteiger partial charge in [-0.15, -0.1) is 0 Å². The number of carbonyl (C=O) groups is 1. The summed E-state index contributed by atoms with van der Waals surface area (Å²) in [5.41, 5.74) is 3.70. The summed E-state index contributed by atoms with van der Waals surface area (Å²) in [6.45, 7) is 6.42. The molecule has 0 fully saturated rings. The van der Waals surface area contributed by atoms with Gasteiger partial charge in [-0.25, -0.2) is 4.39 Å². The molecule has 2 rings (SSSR count). The van der Waals surface area contributed by atoms with E-state index in [1.54, 1.807) is 13.0 Å². The average Bonchev–Trinajstić information content (AvgIpc) is 2.44. The van der Waals surface area contributed by atoms with Crippen molar-refractivity contribution in [3.63, 3.8) is 0 Å². The SMILES string of the molecule is CCNc1ccc(C)cc1C(=O)Nc1ccc(F)cc1C. The van der Waals surface area contributed by atoms with E-state index in [9.17, 15) is 9.18 Å². The van der Waals surface area contributed by atoms with Crippen molar-refractivity contribution >= 4 is 17.3 Å². The van der Waals surface area contributed by atoms with Gasteiger partial charge in [-0.05, 0) is 56.7 Å². The van der Waals surface area contributed by atoms with Gasteiger partial charge in [-0.3, -0.25) is 4.79 Å². The summed E-state index contributed by atoms with van der Waals surface area (Å²) in [7, 11) is 0. The van der Waals surface area contributed by atoms with Gasteiger partial charge in [-0.1, -0.05) is 11.6 Å². The molecular weight excluding hydrogens is 267 g/mol. The quantitative estimate of drug-likeness (QED) is 0.887. The van der Waals surface area contributed by atoms with E-state index in [2.05, 4.69) is 10.6 Å². The van der Waals surface area contributed by atoms with Crippen LogP contribution in [0.4, 0.5) is 15.8 Å². The fourth-order valence-corrected chi connectivity index (χ4v) is 2.15. The van der Waals surface area contributed by atoms with Crippen molar-refractivity contribution in [2.45, 2.75) is 20.8 Å². The summed E-state index contributed by atoms with van der Waals surface area (Å²) in [5, 5.41) is 6.01. The highest BCUT2D eigenvalue weighted by Gasteiger charge is 2.13. The molecule has 2 aromatic carbocycles. The molecule has 0 unspecified atom stereocenters. The standard InChI is InChI=1S/C17H19FN2O/c1-4-19-16-7-5-11(2)9-14(16)17(21)20-15-8-6-13(18)10-12(15)3/h5-10,19H,4H2,1-3H3,(H,20,21). The Morgan fingerprint density at radius 1 is 1.10 bits per heavy atom. The molecule has 0 heterocycles. The molecule has 0 aliphatic carbocycles. The van der Waals surface area contributed by atoms with Gasteiger partial charge in [0, 0.05) is 17.9 Å². The highest BCUT2D eigenvalue weighted by Crippen LogP contribution is 2.21. The van der Waals surface area contributed by atoms with Crippen molar-refractivity contribution in [3.8, 4) is 0 Å². The predicted octanol–water partition coefficient (Wildman–Crippen LogP) is 4.13. The van der Waals surface area contributed by atoms with Crippen LogP contribution in [0, 0.1) is 19.7 Å². The maximum absolute atomic E-state index is 13.1. The van der Waals surface area contributed by atoms with Crippen LogP contribution < -0.4 is 10.6 Å². The molecule has 1 amide bonds. The van der Waals surface area contributed by atoms with Gasteiger partial charge in [0.2, 0.25) is 0 Å². The number of rotatable bonds is 4. The molecule has 0 aliphatic rings. The Bertz CT molecular complexity index is 668. The van der Waals surface area contributed by atoms with E-state index in [0.717, 1.165) is 17.8 Å². The van der Waals surface area contributed by atoms with Crippen LogP contribution in [0.3, 0.4) is 0 Å². The first-order valence-corrected chi connectivity index (χ1v) is 6.93. The monoisotopic (exact) mass is 286 g/mol. The highest BCUT2D eigenvalue weighted by molar-refractivity contribution is 6.08. The normalized spacial score (nSPS) is 10.3. The third-order valence-electron chi connectivity index (χ3n) is 3.22. The molecule has 0 aromatic heterocycles. The molecule has 0 spiro atoms. The zero-order valence-electron chi connectivity index (χ0n) is 12.5. The number of anilines is 2. The minimum atomic E-state index is -0.311. The molecular formula is C17H19FN2O. The molecule has 0 saturated carbocycles.